The Bertz CT molecular complexity index is 2160. The third-order valence-electron chi connectivity index (χ3n) is 8.22. The van der Waals surface area contributed by atoms with Crippen LogP contribution in [-0.2, 0) is 50.5 Å². The quantitative estimate of drug-likeness (QED) is 0.0849. The van der Waals surface area contributed by atoms with Crippen molar-refractivity contribution in [3.8, 4) is 22.3 Å². The molecule has 0 radical (unpaired) electrons. The minimum absolute atomic E-state index is 0.0429. The molecule has 0 aliphatic carbocycles. The van der Waals surface area contributed by atoms with Gasteiger partial charge in [0.1, 0.15) is 11.6 Å². The van der Waals surface area contributed by atoms with E-state index in [-0.39, 0.29) is 36.7 Å². The molecular weight excluding hydrogens is 713 g/mol. The van der Waals surface area contributed by atoms with E-state index in [1.807, 2.05) is 0 Å². The standard InChI is InChI=1S/C40H35F2N6O5P/c1-47-37(35(23-43-47)29-7-11-31(41)12-8-29)19-21-39(49)45-33-15-3-27(4-16-33)25-52-54(51)53-26-28-5-17-34(18-6-28)46-40(50)22-20-38-36(24-44-48(38)2)30-9-13-32(42)14-10-30/h3-24,54H,25-26H2,1-2H3,(H,45,49)(H,46,50)/b21-19+,22-20+. The predicted molar refractivity (Wildman–Crippen MR) is 204 cm³/mol. The fraction of sp³-hybridized carbons (Fsp3) is 0.100. The molecule has 0 spiro atoms. The number of rotatable bonds is 14. The maximum atomic E-state index is 13.4. The van der Waals surface area contributed by atoms with Gasteiger partial charge in [-0.2, -0.15) is 10.2 Å². The average Bonchev–Trinajstić information content (AvgIpc) is 3.73. The van der Waals surface area contributed by atoms with Crippen LogP contribution in [0.15, 0.2) is 122 Å². The number of aryl methyl sites for hydroxylation is 2. The molecule has 2 heterocycles. The minimum Gasteiger partial charge on any atom is -0.323 e. The summed E-state index contributed by atoms with van der Waals surface area (Å²) in [4.78, 5) is 25.2. The Morgan fingerprint density at radius 1 is 0.630 bits per heavy atom. The summed E-state index contributed by atoms with van der Waals surface area (Å²) in [7, 11) is 0.695. The van der Waals surface area contributed by atoms with E-state index in [9.17, 15) is 22.9 Å². The molecule has 0 unspecified atom stereocenters. The van der Waals surface area contributed by atoms with Gasteiger partial charge in [0.15, 0.2) is 0 Å². The van der Waals surface area contributed by atoms with Gasteiger partial charge in [0, 0.05) is 48.7 Å². The van der Waals surface area contributed by atoms with Gasteiger partial charge in [-0.25, -0.2) is 8.78 Å². The summed E-state index contributed by atoms with van der Waals surface area (Å²) >= 11 is 0. The Morgan fingerprint density at radius 2 is 1.00 bits per heavy atom. The van der Waals surface area contributed by atoms with Crippen LogP contribution in [0.2, 0.25) is 0 Å². The van der Waals surface area contributed by atoms with Crippen LogP contribution in [0.1, 0.15) is 22.5 Å². The number of amides is 2. The highest BCUT2D eigenvalue weighted by Crippen LogP contribution is 2.29. The highest BCUT2D eigenvalue weighted by atomic mass is 31.1. The number of nitrogens with zero attached hydrogens (tertiary/aromatic N) is 4. The van der Waals surface area contributed by atoms with E-state index in [4.69, 9.17) is 9.05 Å². The first kappa shape index (κ1) is 37.5. The molecule has 2 amide bonds. The first-order chi connectivity index (χ1) is 26.1. The number of hydrogen-bond acceptors (Lipinski definition) is 7. The molecule has 0 atom stereocenters. The first-order valence-electron chi connectivity index (χ1n) is 16.6. The third kappa shape index (κ3) is 9.98. The number of nitrogens with one attached hydrogen (secondary N) is 2. The summed E-state index contributed by atoms with van der Waals surface area (Å²) in [6.07, 6.45) is 9.39. The van der Waals surface area contributed by atoms with E-state index in [2.05, 4.69) is 20.8 Å². The number of halogens is 2. The van der Waals surface area contributed by atoms with Gasteiger partial charge in [-0.15, -0.1) is 0 Å². The molecule has 0 aliphatic heterocycles. The molecule has 0 saturated heterocycles. The van der Waals surface area contributed by atoms with E-state index < -0.39 is 8.25 Å². The summed E-state index contributed by atoms with van der Waals surface area (Å²) < 4.78 is 53.2. The van der Waals surface area contributed by atoms with Crippen molar-refractivity contribution in [3.05, 3.63) is 156 Å². The average molecular weight is 749 g/mol. The van der Waals surface area contributed by atoms with Gasteiger partial charge in [-0.05, 0) is 82.9 Å². The monoisotopic (exact) mass is 748 g/mol. The van der Waals surface area contributed by atoms with Crippen LogP contribution in [0, 0.1) is 11.6 Å². The van der Waals surface area contributed by atoms with Gasteiger partial charge < -0.3 is 19.7 Å². The van der Waals surface area contributed by atoms with Crippen molar-refractivity contribution >= 4 is 43.6 Å². The summed E-state index contributed by atoms with van der Waals surface area (Å²) in [6, 6.07) is 25.9. The lowest BCUT2D eigenvalue weighted by Crippen LogP contribution is -2.08. The zero-order chi connectivity index (χ0) is 38.0. The smallest absolute Gasteiger partial charge is 0.319 e. The highest BCUT2D eigenvalue weighted by molar-refractivity contribution is 7.33. The fourth-order valence-corrected chi connectivity index (χ4v) is 6.02. The summed E-state index contributed by atoms with van der Waals surface area (Å²) in [5, 5.41) is 14.1. The lowest BCUT2D eigenvalue weighted by Gasteiger charge is -2.08. The van der Waals surface area contributed by atoms with Crippen LogP contribution >= 0.6 is 8.25 Å². The maximum absolute atomic E-state index is 13.4. The number of carbonyl (C=O) groups excluding carboxylic acids is 2. The molecular formula is C40H35F2N6O5P. The van der Waals surface area contributed by atoms with Crippen molar-refractivity contribution in [3.63, 3.8) is 0 Å². The molecule has 14 heteroatoms. The molecule has 54 heavy (non-hydrogen) atoms. The van der Waals surface area contributed by atoms with Crippen molar-refractivity contribution in [2.75, 3.05) is 10.6 Å². The van der Waals surface area contributed by atoms with Gasteiger partial charge in [0.05, 0.1) is 37.0 Å². The number of carbonyl (C=O) groups is 2. The van der Waals surface area contributed by atoms with Gasteiger partial charge in [-0.3, -0.25) is 23.5 Å². The van der Waals surface area contributed by atoms with Crippen LogP contribution < -0.4 is 10.6 Å². The van der Waals surface area contributed by atoms with Crippen LogP contribution in [0.4, 0.5) is 20.2 Å². The Kier molecular flexibility index (Phi) is 12.1. The first-order valence-corrected chi connectivity index (χ1v) is 17.9. The van der Waals surface area contributed by atoms with Crippen molar-refractivity contribution in [1.82, 2.24) is 19.6 Å². The van der Waals surface area contributed by atoms with Crippen LogP contribution in [-0.4, -0.2) is 31.4 Å². The molecule has 0 saturated carbocycles. The van der Waals surface area contributed by atoms with E-state index in [0.717, 1.165) is 33.4 Å². The van der Waals surface area contributed by atoms with Crippen LogP contribution in [0.5, 0.6) is 0 Å². The lowest BCUT2D eigenvalue weighted by atomic mass is 10.1. The normalized spacial score (nSPS) is 11.5. The Labute approximate surface area is 310 Å². The molecule has 6 rings (SSSR count). The minimum atomic E-state index is -2.82. The van der Waals surface area contributed by atoms with Crippen molar-refractivity contribution in [2.24, 2.45) is 14.1 Å². The molecule has 11 nitrogen and oxygen atoms in total. The zero-order valence-corrected chi connectivity index (χ0v) is 30.2. The molecule has 2 aromatic heterocycles. The van der Waals surface area contributed by atoms with Crippen LogP contribution in [0.3, 0.4) is 0 Å². The molecule has 0 bridgehead atoms. The second-order valence-corrected chi connectivity index (χ2v) is 13.1. The molecule has 2 N–H and O–H groups in total. The number of aromatic nitrogens is 4. The van der Waals surface area contributed by atoms with E-state index in [1.54, 1.807) is 121 Å². The maximum Gasteiger partial charge on any atom is 0.319 e. The molecule has 4 aromatic carbocycles. The van der Waals surface area contributed by atoms with E-state index in [1.165, 1.54) is 36.4 Å². The number of hydrogen-bond donors (Lipinski definition) is 2. The van der Waals surface area contributed by atoms with Gasteiger partial charge in [0.2, 0.25) is 11.8 Å². The van der Waals surface area contributed by atoms with Crippen molar-refractivity contribution in [1.29, 1.82) is 0 Å². The van der Waals surface area contributed by atoms with Gasteiger partial charge >= 0.3 is 8.25 Å². The third-order valence-corrected chi connectivity index (χ3v) is 8.98. The molecule has 0 fully saturated rings. The Balaban J connectivity index is 0.925. The molecule has 0 aliphatic rings. The largest absolute Gasteiger partial charge is 0.323 e. The molecule has 274 valence electrons. The molecule has 6 aromatic rings. The van der Waals surface area contributed by atoms with Gasteiger partial charge in [0.25, 0.3) is 0 Å². The van der Waals surface area contributed by atoms with Crippen LogP contribution in [0.25, 0.3) is 34.4 Å². The summed E-state index contributed by atoms with van der Waals surface area (Å²) in [5.74, 6) is -1.38. The predicted octanol–water partition coefficient (Wildman–Crippen LogP) is 8.19. The SMILES string of the molecule is Cn1ncc(-c2ccc(F)cc2)c1/C=C/C(=O)Nc1ccc(CO[PH](=O)OCc2ccc(NC(=O)/C=C/c3c(-c4ccc(F)cc4)cnn3C)cc2)cc1. The van der Waals surface area contributed by atoms with Crippen molar-refractivity contribution in [2.45, 2.75) is 13.2 Å². The second kappa shape index (κ2) is 17.5. The summed E-state index contributed by atoms with van der Waals surface area (Å²) in [5.41, 5.74) is 7.03. The Hall–Kier alpha value is -6.27. The lowest BCUT2D eigenvalue weighted by molar-refractivity contribution is -0.112. The summed E-state index contributed by atoms with van der Waals surface area (Å²) in [6.45, 7) is 0.0859. The zero-order valence-electron chi connectivity index (χ0n) is 29.2. The number of benzene rings is 4. The topological polar surface area (TPSA) is 129 Å². The van der Waals surface area contributed by atoms with E-state index in [0.29, 0.717) is 22.8 Å². The Morgan fingerprint density at radius 3 is 1.37 bits per heavy atom. The van der Waals surface area contributed by atoms with Crippen molar-refractivity contribution < 1.29 is 32.0 Å². The second-order valence-electron chi connectivity index (χ2n) is 12.0. The van der Waals surface area contributed by atoms with E-state index >= 15 is 0 Å². The van der Waals surface area contributed by atoms with Gasteiger partial charge in [-0.1, -0.05) is 48.5 Å². The number of anilines is 2. The highest BCUT2D eigenvalue weighted by Gasteiger charge is 2.11. The fourth-order valence-electron chi connectivity index (χ4n) is 5.36.